The van der Waals surface area contributed by atoms with Crippen LogP contribution in [0.1, 0.15) is 17.3 Å². The zero-order chi connectivity index (χ0) is 12.6. The summed E-state index contributed by atoms with van der Waals surface area (Å²) >= 11 is 3.16. The van der Waals surface area contributed by atoms with E-state index in [0.29, 0.717) is 17.6 Å². The van der Waals surface area contributed by atoms with E-state index in [2.05, 4.69) is 15.9 Å². The zero-order valence-corrected chi connectivity index (χ0v) is 11.1. The monoisotopic (exact) mass is 300 g/mol. The molecule has 1 aromatic rings. The van der Waals surface area contributed by atoms with E-state index < -0.39 is 5.82 Å². The lowest BCUT2D eigenvalue weighted by Crippen LogP contribution is -2.32. The molecule has 2 N–H and O–H groups in total. The van der Waals surface area contributed by atoms with Crippen molar-refractivity contribution >= 4 is 21.8 Å². The largest absolute Gasteiger partial charge is 0.337 e. The second-order valence-corrected chi connectivity index (χ2v) is 5.39. The van der Waals surface area contributed by atoms with Gasteiger partial charge < -0.3 is 10.6 Å². The predicted molar refractivity (Wildman–Crippen MR) is 67.1 cm³/mol. The second-order valence-electron chi connectivity index (χ2n) is 4.48. The van der Waals surface area contributed by atoms with Crippen LogP contribution >= 0.6 is 15.9 Å². The third-order valence-electron chi connectivity index (χ3n) is 3.12. The summed E-state index contributed by atoms with van der Waals surface area (Å²) < 4.78 is 14.3. The molecule has 5 heteroatoms. The predicted octanol–water partition coefficient (Wildman–Crippen LogP) is 2.01. The van der Waals surface area contributed by atoms with Gasteiger partial charge in [-0.2, -0.15) is 0 Å². The molecule has 1 aromatic carbocycles. The van der Waals surface area contributed by atoms with Gasteiger partial charge in [-0.05, 0) is 24.1 Å². The van der Waals surface area contributed by atoms with Gasteiger partial charge in [0.1, 0.15) is 5.82 Å². The SMILES string of the molecule is CC1CN(C(=O)c2ccc(Br)cc2F)CC1N. The molecule has 2 unspecified atom stereocenters. The summed E-state index contributed by atoms with van der Waals surface area (Å²) in [5.41, 5.74) is 5.96. The second kappa shape index (κ2) is 4.74. The summed E-state index contributed by atoms with van der Waals surface area (Å²) in [4.78, 5) is 13.7. The minimum Gasteiger partial charge on any atom is -0.337 e. The van der Waals surface area contributed by atoms with Crippen LogP contribution in [0.4, 0.5) is 4.39 Å². The van der Waals surface area contributed by atoms with Crippen LogP contribution in [-0.4, -0.2) is 29.9 Å². The molecule has 0 spiro atoms. The van der Waals surface area contributed by atoms with Gasteiger partial charge in [-0.25, -0.2) is 4.39 Å². The molecule has 0 aromatic heterocycles. The van der Waals surface area contributed by atoms with Gasteiger partial charge in [-0.3, -0.25) is 4.79 Å². The molecular weight excluding hydrogens is 287 g/mol. The highest BCUT2D eigenvalue weighted by molar-refractivity contribution is 9.10. The number of amides is 1. The van der Waals surface area contributed by atoms with Crippen LogP contribution in [0, 0.1) is 11.7 Å². The number of nitrogens with two attached hydrogens (primary N) is 1. The zero-order valence-electron chi connectivity index (χ0n) is 9.49. The average molecular weight is 301 g/mol. The minimum atomic E-state index is -0.502. The maximum atomic E-state index is 13.6. The standard InChI is InChI=1S/C12H14BrFN2O/c1-7-5-16(6-11(7)15)12(17)9-3-2-8(13)4-10(9)14/h2-4,7,11H,5-6,15H2,1H3. The van der Waals surface area contributed by atoms with Gasteiger partial charge in [0.2, 0.25) is 0 Å². The van der Waals surface area contributed by atoms with Crippen molar-refractivity contribution in [1.82, 2.24) is 4.90 Å². The number of carbonyl (C=O) groups excluding carboxylic acids is 1. The molecular formula is C12H14BrFN2O. The van der Waals surface area contributed by atoms with Gasteiger partial charge in [0.25, 0.3) is 5.91 Å². The smallest absolute Gasteiger partial charge is 0.256 e. The number of rotatable bonds is 1. The van der Waals surface area contributed by atoms with Crippen LogP contribution in [0.15, 0.2) is 22.7 Å². The van der Waals surface area contributed by atoms with Crippen molar-refractivity contribution in [2.24, 2.45) is 11.7 Å². The van der Waals surface area contributed by atoms with E-state index in [1.165, 1.54) is 12.1 Å². The normalized spacial score (nSPS) is 24.1. The quantitative estimate of drug-likeness (QED) is 0.862. The van der Waals surface area contributed by atoms with Crippen molar-refractivity contribution in [2.45, 2.75) is 13.0 Å². The van der Waals surface area contributed by atoms with Gasteiger partial charge >= 0.3 is 0 Å². The molecule has 1 fully saturated rings. The Morgan fingerprint density at radius 1 is 1.53 bits per heavy atom. The van der Waals surface area contributed by atoms with Gasteiger partial charge in [-0.1, -0.05) is 22.9 Å². The Bertz CT molecular complexity index is 442. The maximum absolute atomic E-state index is 13.6. The Hall–Kier alpha value is -0.940. The van der Waals surface area contributed by atoms with Gasteiger partial charge in [0.15, 0.2) is 0 Å². The van der Waals surface area contributed by atoms with E-state index in [-0.39, 0.29) is 23.4 Å². The molecule has 1 saturated heterocycles. The number of carbonyl (C=O) groups is 1. The Morgan fingerprint density at radius 3 is 2.76 bits per heavy atom. The molecule has 1 amide bonds. The fourth-order valence-corrected chi connectivity index (χ4v) is 2.32. The van der Waals surface area contributed by atoms with E-state index in [1.807, 2.05) is 6.92 Å². The number of hydrogen-bond donors (Lipinski definition) is 1. The molecule has 0 radical (unpaired) electrons. The molecule has 1 heterocycles. The third kappa shape index (κ3) is 2.50. The van der Waals surface area contributed by atoms with Crippen LogP contribution in [-0.2, 0) is 0 Å². The highest BCUT2D eigenvalue weighted by Gasteiger charge is 2.31. The third-order valence-corrected chi connectivity index (χ3v) is 3.61. The van der Waals surface area contributed by atoms with Crippen LogP contribution < -0.4 is 5.73 Å². The molecule has 92 valence electrons. The van der Waals surface area contributed by atoms with Crippen LogP contribution in [0.2, 0.25) is 0 Å². The lowest BCUT2D eigenvalue weighted by molar-refractivity contribution is 0.0782. The molecule has 3 nitrogen and oxygen atoms in total. The van der Waals surface area contributed by atoms with Crippen LogP contribution in [0.5, 0.6) is 0 Å². The van der Waals surface area contributed by atoms with E-state index in [4.69, 9.17) is 5.73 Å². The topological polar surface area (TPSA) is 46.3 Å². The molecule has 17 heavy (non-hydrogen) atoms. The Balaban J connectivity index is 2.20. The van der Waals surface area contributed by atoms with E-state index in [0.717, 1.165) is 0 Å². The maximum Gasteiger partial charge on any atom is 0.256 e. The number of nitrogens with zero attached hydrogens (tertiary/aromatic N) is 1. The molecule has 1 aliphatic rings. The molecule has 1 aliphatic heterocycles. The number of likely N-dealkylation sites (tertiary alicyclic amines) is 1. The summed E-state index contributed by atoms with van der Waals surface area (Å²) in [5.74, 6) is -0.523. The van der Waals surface area contributed by atoms with E-state index >= 15 is 0 Å². The summed E-state index contributed by atoms with van der Waals surface area (Å²) in [5, 5.41) is 0. The van der Waals surface area contributed by atoms with Crippen molar-refractivity contribution in [3.8, 4) is 0 Å². The lowest BCUT2D eigenvalue weighted by Gasteiger charge is -2.16. The molecule has 2 rings (SSSR count). The number of benzene rings is 1. The Morgan fingerprint density at radius 2 is 2.24 bits per heavy atom. The lowest BCUT2D eigenvalue weighted by atomic mass is 10.1. The van der Waals surface area contributed by atoms with Gasteiger partial charge in [-0.15, -0.1) is 0 Å². The first-order valence-electron chi connectivity index (χ1n) is 5.49. The van der Waals surface area contributed by atoms with Crippen molar-refractivity contribution in [2.75, 3.05) is 13.1 Å². The first kappa shape index (κ1) is 12.5. The Labute approximate surface area is 108 Å². The molecule has 0 aliphatic carbocycles. The van der Waals surface area contributed by atoms with Gasteiger partial charge in [0.05, 0.1) is 5.56 Å². The Kier molecular flexibility index (Phi) is 3.49. The summed E-state index contributed by atoms with van der Waals surface area (Å²) in [6.45, 7) is 3.08. The van der Waals surface area contributed by atoms with Crippen LogP contribution in [0.25, 0.3) is 0 Å². The van der Waals surface area contributed by atoms with Crippen LogP contribution in [0.3, 0.4) is 0 Å². The summed E-state index contributed by atoms with van der Waals surface area (Å²) in [6.07, 6.45) is 0. The first-order valence-corrected chi connectivity index (χ1v) is 6.28. The molecule has 0 saturated carbocycles. The highest BCUT2D eigenvalue weighted by atomic mass is 79.9. The van der Waals surface area contributed by atoms with Gasteiger partial charge in [0, 0.05) is 23.6 Å². The first-order chi connectivity index (χ1) is 7.99. The van der Waals surface area contributed by atoms with Crippen molar-refractivity contribution in [1.29, 1.82) is 0 Å². The fourth-order valence-electron chi connectivity index (χ4n) is 1.99. The highest BCUT2D eigenvalue weighted by Crippen LogP contribution is 2.21. The van der Waals surface area contributed by atoms with Crippen molar-refractivity contribution in [3.63, 3.8) is 0 Å². The van der Waals surface area contributed by atoms with Crippen molar-refractivity contribution in [3.05, 3.63) is 34.1 Å². The average Bonchev–Trinajstić information content (AvgIpc) is 2.58. The fraction of sp³-hybridized carbons (Fsp3) is 0.417. The number of hydrogen-bond acceptors (Lipinski definition) is 2. The molecule has 0 bridgehead atoms. The summed E-state index contributed by atoms with van der Waals surface area (Å²) in [6, 6.07) is 4.44. The van der Waals surface area contributed by atoms with Crippen molar-refractivity contribution < 1.29 is 9.18 Å². The summed E-state index contributed by atoms with van der Waals surface area (Å²) in [7, 11) is 0. The van der Waals surface area contributed by atoms with E-state index in [1.54, 1.807) is 11.0 Å². The van der Waals surface area contributed by atoms with E-state index in [9.17, 15) is 9.18 Å². The minimum absolute atomic E-state index is 0.0162. The number of halogens is 2. The molecule has 2 atom stereocenters.